The highest BCUT2D eigenvalue weighted by molar-refractivity contribution is 6.32. The van der Waals surface area contributed by atoms with E-state index in [1.165, 1.54) is 0 Å². The Morgan fingerprint density at radius 3 is 2.58 bits per heavy atom. The molecular formula is C25H32ClN3O2. The molecule has 0 aliphatic carbocycles. The quantitative estimate of drug-likeness (QED) is 0.414. The van der Waals surface area contributed by atoms with Crippen LogP contribution in [0.1, 0.15) is 45.9 Å². The van der Waals surface area contributed by atoms with Crippen molar-refractivity contribution in [3.8, 4) is 5.75 Å². The SMILES string of the molecule is CC(C)(C)C(=O)NCCCc1nc2ccccc2n1CCCCOc1ccccc1Cl. The molecule has 0 radical (unpaired) electrons. The lowest BCUT2D eigenvalue weighted by Crippen LogP contribution is -2.35. The number of carbonyl (C=O) groups excluding carboxylic acids is 1. The maximum Gasteiger partial charge on any atom is 0.225 e. The van der Waals surface area contributed by atoms with Gasteiger partial charge in [-0.25, -0.2) is 4.98 Å². The fourth-order valence-electron chi connectivity index (χ4n) is 3.40. The standard InChI is InChI=1S/C25H32ClN3O2/c1-25(2,3)24(30)27-16-10-15-23-28-20-12-5-6-13-21(20)29(23)17-8-9-18-31-22-14-7-4-11-19(22)26/h4-7,11-14H,8-10,15-18H2,1-3H3,(H,27,30). The van der Waals surface area contributed by atoms with Gasteiger partial charge in [0.05, 0.1) is 22.7 Å². The van der Waals surface area contributed by atoms with Crippen LogP contribution in [0.25, 0.3) is 11.0 Å². The number of ether oxygens (including phenoxy) is 1. The highest BCUT2D eigenvalue weighted by atomic mass is 35.5. The molecule has 2 aromatic carbocycles. The molecule has 1 heterocycles. The number of nitrogens with one attached hydrogen (secondary N) is 1. The summed E-state index contributed by atoms with van der Waals surface area (Å²) >= 11 is 6.15. The van der Waals surface area contributed by atoms with Crippen LogP contribution in [0.4, 0.5) is 0 Å². The van der Waals surface area contributed by atoms with Crippen molar-refractivity contribution in [2.75, 3.05) is 13.2 Å². The van der Waals surface area contributed by atoms with E-state index in [0.29, 0.717) is 18.2 Å². The van der Waals surface area contributed by atoms with Crippen LogP contribution in [-0.4, -0.2) is 28.6 Å². The van der Waals surface area contributed by atoms with Crippen LogP contribution < -0.4 is 10.1 Å². The summed E-state index contributed by atoms with van der Waals surface area (Å²) in [4.78, 5) is 16.9. The second-order valence-electron chi connectivity index (χ2n) is 8.76. The van der Waals surface area contributed by atoms with Gasteiger partial charge in [0.1, 0.15) is 11.6 Å². The van der Waals surface area contributed by atoms with Gasteiger partial charge in [-0.2, -0.15) is 0 Å². The third-order valence-corrected chi connectivity index (χ3v) is 5.46. The first-order valence-corrected chi connectivity index (χ1v) is 11.3. The van der Waals surface area contributed by atoms with Crippen molar-refractivity contribution in [2.45, 2.75) is 53.0 Å². The Kier molecular flexibility index (Phi) is 7.97. The number of halogens is 1. The molecule has 0 aliphatic rings. The van der Waals surface area contributed by atoms with E-state index in [9.17, 15) is 4.79 Å². The number of hydrogen-bond acceptors (Lipinski definition) is 3. The van der Waals surface area contributed by atoms with Gasteiger partial charge in [-0.05, 0) is 43.5 Å². The van der Waals surface area contributed by atoms with Gasteiger partial charge in [0.15, 0.2) is 0 Å². The lowest BCUT2D eigenvalue weighted by molar-refractivity contribution is -0.128. The lowest BCUT2D eigenvalue weighted by atomic mass is 9.96. The summed E-state index contributed by atoms with van der Waals surface area (Å²) in [7, 11) is 0. The first-order valence-electron chi connectivity index (χ1n) is 11.0. The van der Waals surface area contributed by atoms with Crippen LogP contribution in [0, 0.1) is 5.41 Å². The molecule has 0 spiro atoms. The minimum absolute atomic E-state index is 0.0829. The predicted octanol–water partition coefficient (Wildman–Crippen LogP) is 5.64. The molecule has 0 atom stereocenters. The Hall–Kier alpha value is -2.53. The lowest BCUT2D eigenvalue weighted by Gasteiger charge is -2.17. The Balaban J connectivity index is 1.54. The number of hydrogen-bond donors (Lipinski definition) is 1. The fraction of sp³-hybridized carbons (Fsp3) is 0.440. The van der Waals surface area contributed by atoms with Crippen molar-refractivity contribution in [1.82, 2.24) is 14.9 Å². The van der Waals surface area contributed by atoms with Crippen molar-refractivity contribution in [3.05, 3.63) is 59.4 Å². The summed E-state index contributed by atoms with van der Waals surface area (Å²) in [5, 5.41) is 3.67. The van der Waals surface area contributed by atoms with E-state index in [1.807, 2.05) is 57.2 Å². The molecule has 0 bridgehead atoms. The number of para-hydroxylation sites is 3. The molecule has 0 saturated heterocycles. The number of benzene rings is 2. The van der Waals surface area contributed by atoms with Crippen LogP contribution >= 0.6 is 11.6 Å². The van der Waals surface area contributed by atoms with Crippen molar-refractivity contribution >= 4 is 28.5 Å². The maximum absolute atomic E-state index is 12.1. The second-order valence-corrected chi connectivity index (χ2v) is 9.17. The number of rotatable bonds is 10. The monoisotopic (exact) mass is 441 g/mol. The number of amides is 1. The average molecular weight is 442 g/mol. The first-order chi connectivity index (χ1) is 14.9. The number of aryl methyl sites for hydroxylation is 2. The van der Waals surface area contributed by atoms with Gasteiger partial charge < -0.3 is 14.6 Å². The van der Waals surface area contributed by atoms with E-state index in [4.69, 9.17) is 21.3 Å². The summed E-state index contributed by atoms with van der Waals surface area (Å²) in [6.07, 6.45) is 3.60. The van der Waals surface area contributed by atoms with E-state index in [-0.39, 0.29) is 11.3 Å². The van der Waals surface area contributed by atoms with Gasteiger partial charge in [-0.1, -0.05) is 56.6 Å². The minimum Gasteiger partial charge on any atom is -0.492 e. The van der Waals surface area contributed by atoms with Crippen molar-refractivity contribution in [2.24, 2.45) is 5.41 Å². The zero-order valence-corrected chi connectivity index (χ0v) is 19.4. The highest BCUT2D eigenvalue weighted by Crippen LogP contribution is 2.23. The number of unbranched alkanes of at least 4 members (excludes halogenated alkanes) is 1. The Bertz CT molecular complexity index is 1010. The zero-order chi connectivity index (χ0) is 22.3. The maximum atomic E-state index is 12.1. The smallest absolute Gasteiger partial charge is 0.225 e. The third-order valence-electron chi connectivity index (χ3n) is 5.15. The normalized spacial score (nSPS) is 11.6. The molecular weight excluding hydrogens is 410 g/mol. The van der Waals surface area contributed by atoms with Gasteiger partial charge in [-0.15, -0.1) is 0 Å². The van der Waals surface area contributed by atoms with E-state index < -0.39 is 0 Å². The predicted molar refractivity (Wildman–Crippen MR) is 127 cm³/mol. The highest BCUT2D eigenvalue weighted by Gasteiger charge is 2.20. The summed E-state index contributed by atoms with van der Waals surface area (Å²) in [5.74, 6) is 1.88. The molecule has 1 aromatic heterocycles. The number of imidazole rings is 1. The van der Waals surface area contributed by atoms with Crippen molar-refractivity contribution in [1.29, 1.82) is 0 Å². The Labute approximate surface area is 189 Å². The fourth-order valence-corrected chi connectivity index (χ4v) is 3.59. The van der Waals surface area contributed by atoms with Gasteiger partial charge in [0.2, 0.25) is 5.91 Å². The summed E-state index contributed by atoms with van der Waals surface area (Å²) < 4.78 is 8.11. The zero-order valence-electron chi connectivity index (χ0n) is 18.7. The van der Waals surface area contributed by atoms with Gasteiger partial charge in [-0.3, -0.25) is 4.79 Å². The molecule has 5 nitrogen and oxygen atoms in total. The van der Waals surface area contributed by atoms with Crippen LogP contribution in [-0.2, 0) is 17.8 Å². The Morgan fingerprint density at radius 2 is 1.81 bits per heavy atom. The molecule has 3 aromatic rings. The van der Waals surface area contributed by atoms with Crippen molar-refractivity contribution in [3.63, 3.8) is 0 Å². The number of carbonyl (C=O) groups is 1. The summed E-state index contributed by atoms with van der Waals surface area (Å²) in [5.41, 5.74) is 1.81. The first kappa shape index (κ1) is 23.1. The van der Waals surface area contributed by atoms with Crippen LogP contribution in [0.15, 0.2) is 48.5 Å². The largest absolute Gasteiger partial charge is 0.492 e. The van der Waals surface area contributed by atoms with Gasteiger partial charge in [0, 0.05) is 24.9 Å². The van der Waals surface area contributed by atoms with E-state index >= 15 is 0 Å². The van der Waals surface area contributed by atoms with Crippen LogP contribution in [0.3, 0.4) is 0 Å². The van der Waals surface area contributed by atoms with Gasteiger partial charge in [0.25, 0.3) is 0 Å². The van der Waals surface area contributed by atoms with Gasteiger partial charge >= 0.3 is 0 Å². The summed E-state index contributed by atoms with van der Waals surface area (Å²) in [6, 6.07) is 15.8. The third kappa shape index (κ3) is 6.47. The van der Waals surface area contributed by atoms with E-state index in [1.54, 1.807) is 0 Å². The number of aromatic nitrogens is 2. The van der Waals surface area contributed by atoms with Crippen molar-refractivity contribution < 1.29 is 9.53 Å². The number of fused-ring (bicyclic) bond motifs is 1. The molecule has 1 amide bonds. The summed E-state index contributed by atoms with van der Waals surface area (Å²) in [6.45, 7) is 7.96. The molecule has 1 N–H and O–H groups in total. The average Bonchev–Trinajstić information content (AvgIpc) is 3.09. The topological polar surface area (TPSA) is 56.2 Å². The van der Waals surface area contributed by atoms with E-state index in [2.05, 4.69) is 22.0 Å². The number of nitrogens with zero attached hydrogens (tertiary/aromatic N) is 2. The molecule has 6 heteroatoms. The molecule has 0 saturated carbocycles. The molecule has 31 heavy (non-hydrogen) atoms. The minimum atomic E-state index is -0.362. The molecule has 0 aliphatic heterocycles. The van der Waals surface area contributed by atoms with Crippen LogP contribution in [0.5, 0.6) is 5.75 Å². The second kappa shape index (κ2) is 10.7. The molecule has 3 rings (SSSR count). The Morgan fingerprint density at radius 1 is 1.06 bits per heavy atom. The molecule has 0 unspecified atom stereocenters. The molecule has 0 fully saturated rings. The van der Waals surface area contributed by atoms with E-state index in [0.717, 1.165) is 54.8 Å². The van der Waals surface area contributed by atoms with Crippen LogP contribution in [0.2, 0.25) is 5.02 Å². The molecule has 166 valence electrons.